The van der Waals surface area contributed by atoms with Gasteiger partial charge in [-0.2, -0.15) is 0 Å². The van der Waals surface area contributed by atoms with Crippen LogP contribution in [0.3, 0.4) is 0 Å². The number of hydrogen-bond donors (Lipinski definition) is 1. The van der Waals surface area contributed by atoms with Crippen LogP contribution in [0.4, 0.5) is 0 Å². The zero-order valence-corrected chi connectivity index (χ0v) is 10.8. The van der Waals surface area contributed by atoms with E-state index in [2.05, 4.69) is 6.92 Å². The van der Waals surface area contributed by atoms with Gasteiger partial charge in [-0.3, -0.25) is 9.59 Å². The third-order valence-electron chi connectivity index (χ3n) is 4.45. The zero-order chi connectivity index (χ0) is 12.8. The lowest BCUT2D eigenvalue weighted by Crippen LogP contribution is -2.43. The van der Waals surface area contributed by atoms with E-state index in [4.69, 9.17) is 5.11 Å². The minimum Gasteiger partial charge on any atom is -0.481 e. The van der Waals surface area contributed by atoms with Gasteiger partial charge in [-0.25, -0.2) is 0 Å². The Morgan fingerprint density at radius 1 is 1.24 bits per heavy atom. The average Bonchev–Trinajstić information content (AvgIpc) is 2.81. The standard InChI is InChI=1S/C13H21NO3/c1-8-6-4-5-7-14(8)11(15)9-10(12(16)17)13(9,2)3/h8-10H,4-7H2,1-3H3,(H,16,17)/t8-,9-,10+/m1/s1. The molecule has 0 unspecified atom stereocenters. The number of rotatable bonds is 2. The van der Waals surface area contributed by atoms with E-state index in [-0.39, 0.29) is 23.3 Å². The topological polar surface area (TPSA) is 57.6 Å². The van der Waals surface area contributed by atoms with Crippen molar-refractivity contribution in [1.29, 1.82) is 0 Å². The predicted octanol–water partition coefficient (Wildman–Crippen LogP) is 1.74. The van der Waals surface area contributed by atoms with Crippen molar-refractivity contribution in [1.82, 2.24) is 4.90 Å². The minimum atomic E-state index is -0.835. The number of carboxylic acid groups (broad SMARTS) is 1. The van der Waals surface area contributed by atoms with E-state index in [1.54, 1.807) is 0 Å². The molecule has 2 fully saturated rings. The average molecular weight is 239 g/mol. The lowest BCUT2D eigenvalue weighted by atomic mass is 10.0. The molecule has 1 saturated heterocycles. The number of nitrogens with zero attached hydrogens (tertiary/aromatic N) is 1. The minimum absolute atomic E-state index is 0.0506. The van der Waals surface area contributed by atoms with Crippen LogP contribution in [0.1, 0.15) is 40.0 Å². The first-order valence-electron chi connectivity index (χ1n) is 6.40. The molecule has 4 nitrogen and oxygen atoms in total. The first kappa shape index (κ1) is 12.4. The van der Waals surface area contributed by atoms with Crippen LogP contribution in [0.5, 0.6) is 0 Å². The zero-order valence-electron chi connectivity index (χ0n) is 10.8. The Morgan fingerprint density at radius 2 is 1.88 bits per heavy atom. The second kappa shape index (κ2) is 4.00. The molecular weight excluding hydrogens is 218 g/mol. The lowest BCUT2D eigenvalue weighted by molar-refractivity contribution is -0.143. The van der Waals surface area contributed by atoms with Crippen LogP contribution >= 0.6 is 0 Å². The molecule has 2 rings (SSSR count). The molecular formula is C13H21NO3. The van der Waals surface area contributed by atoms with Crippen molar-refractivity contribution in [2.24, 2.45) is 17.3 Å². The molecule has 4 heteroatoms. The molecule has 96 valence electrons. The molecule has 3 atom stereocenters. The number of piperidine rings is 1. The molecule has 1 N–H and O–H groups in total. The van der Waals surface area contributed by atoms with Gasteiger partial charge in [-0.15, -0.1) is 0 Å². The van der Waals surface area contributed by atoms with E-state index < -0.39 is 11.9 Å². The Kier molecular flexibility index (Phi) is 2.92. The van der Waals surface area contributed by atoms with Gasteiger partial charge in [0.2, 0.25) is 5.91 Å². The number of carbonyl (C=O) groups excluding carboxylic acids is 1. The van der Waals surface area contributed by atoms with Gasteiger partial charge >= 0.3 is 5.97 Å². The predicted molar refractivity (Wildman–Crippen MR) is 63.4 cm³/mol. The van der Waals surface area contributed by atoms with Gasteiger partial charge in [0, 0.05) is 12.6 Å². The fourth-order valence-electron chi connectivity index (χ4n) is 3.16. The summed E-state index contributed by atoms with van der Waals surface area (Å²) in [6, 6.07) is 0.266. The molecule has 0 bridgehead atoms. The van der Waals surface area contributed by atoms with Crippen LogP contribution in [0.15, 0.2) is 0 Å². The van der Waals surface area contributed by atoms with Crippen LogP contribution in [-0.4, -0.2) is 34.5 Å². The summed E-state index contributed by atoms with van der Waals surface area (Å²) in [5.41, 5.74) is -0.375. The summed E-state index contributed by atoms with van der Waals surface area (Å²) in [4.78, 5) is 25.3. The van der Waals surface area contributed by atoms with Crippen LogP contribution in [0, 0.1) is 17.3 Å². The van der Waals surface area contributed by atoms with Crippen molar-refractivity contribution in [2.45, 2.75) is 46.1 Å². The molecule has 0 radical (unpaired) electrons. The number of hydrogen-bond acceptors (Lipinski definition) is 2. The monoisotopic (exact) mass is 239 g/mol. The maximum Gasteiger partial charge on any atom is 0.307 e. The number of carbonyl (C=O) groups is 2. The van der Waals surface area contributed by atoms with Gasteiger partial charge in [0.15, 0.2) is 0 Å². The van der Waals surface area contributed by atoms with E-state index in [9.17, 15) is 9.59 Å². The van der Waals surface area contributed by atoms with E-state index in [0.29, 0.717) is 0 Å². The summed E-state index contributed by atoms with van der Waals surface area (Å²) in [5.74, 6) is -1.60. The summed E-state index contributed by atoms with van der Waals surface area (Å²) < 4.78 is 0. The smallest absolute Gasteiger partial charge is 0.307 e. The molecule has 1 amide bonds. The van der Waals surface area contributed by atoms with Crippen LogP contribution in [0.2, 0.25) is 0 Å². The molecule has 1 aliphatic carbocycles. The number of carboxylic acids is 1. The largest absolute Gasteiger partial charge is 0.481 e. The van der Waals surface area contributed by atoms with E-state index in [0.717, 1.165) is 19.4 Å². The maximum atomic E-state index is 12.4. The van der Waals surface area contributed by atoms with Gasteiger partial charge in [0.1, 0.15) is 0 Å². The van der Waals surface area contributed by atoms with E-state index in [1.807, 2.05) is 18.7 Å². The lowest BCUT2D eigenvalue weighted by Gasteiger charge is -2.34. The SMILES string of the molecule is C[C@@H]1CCCCN1C(=O)[C@H]1[C@@H](C(=O)O)C1(C)C. The molecule has 0 aromatic heterocycles. The molecule has 1 aliphatic heterocycles. The molecule has 0 aromatic carbocycles. The van der Waals surface area contributed by atoms with Crippen molar-refractivity contribution in [3.05, 3.63) is 0 Å². The summed E-state index contributed by atoms with van der Waals surface area (Å²) in [7, 11) is 0. The van der Waals surface area contributed by atoms with Gasteiger partial charge in [0.05, 0.1) is 11.8 Å². The molecule has 2 aliphatic rings. The Bertz CT molecular complexity index is 351. The Morgan fingerprint density at radius 3 is 2.35 bits per heavy atom. The van der Waals surface area contributed by atoms with Crippen molar-refractivity contribution in [3.63, 3.8) is 0 Å². The Labute approximate surface area is 102 Å². The second-order valence-corrected chi connectivity index (χ2v) is 5.99. The normalized spacial score (nSPS) is 35.5. The number of amides is 1. The Balaban J connectivity index is 2.08. The van der Waals surface area contributed by atoms with Crippen molar-refractivity contribution in [2.75, 3.05) is 6.54 Å². The van der Waals surface area contributed by atoms with Gasteiger partial charge in [0.25, 0.3) is 0 Å². The second-order valence-electron chi connectivity index (χ2n) is 5.99. The highest BCUT2D eigenvalue weighted by molar-refractivity contribution is 5.91. The molecule has 1 heterocycles. The molecule has 0 spiro atoms. The summed E-state index contributed by atoms with van der Waals surface area (Å²) >= 11 is 0. The fraction of sp³-hybridized carbons (Fsp3) is 0.846. The van der Waals surface area contributed by atoms with Gasteiger partial charge < -0.3 is 10.0 Å². The Hall–Kier alpha value is -1.06. The van der Waals surface area contributed by atoms with Crippen LogP contribution < -0.4 is 0 Å². The van der Waals surface area contributed by atoms with Crippen molar-refractivity contribution >= 4 is 11.9 Å². The van der Waals surface area contributed by atoms with Crippen molar-refractivity contribution < 1.29 is 14.7 Å². The summed E-state index contributed by atoms with van der Waals surface area (Å²) in [5, 5.41) is 9.10. The first-order chi connectivity index (χ1) is 7.87. The van der Waals surface area contributed by atoms with Crippen LogP contribution in [0.25, 0.3) is 0 Å². The molecule has 0 aromatic rings. The fourth-order valence-corrected chi connectivity index (χ4v) is 3.16. The maximum absolute atomic E-state index is 12.4. The highest BCUT2D eigenvalue weighted by atomic mass is 16.4. The summed E-state index contributed by atoms with van der Waals surface area (Å²) in [6.07, 6.45) is 3.25. The highest BCUT2D eigenvalue weighted by Crippen LogP contribution is 2.59. The van der Waals surface area contributed by atoms with Gasteiger partial charge in [-0.1, -0.05) is 13.8 Å². The highest BCUT2D eigenvalue weighted by Gasteiger charge is 2.66. The summed E-state index contributed by atoms with van der Waals surface area (Å²) in [6.45, 7) is 6.60. The third-order valence-corrected chi connectivity index (χ3v) is 4.45. The number of likely N-dealkylation sites (tertiary alicyclic amines) is 1. The molecule has 17 heavy (non-hydrogen) atoms. The van der Waals surface area contributed by atoms with E-state index >= 15 is 0 Å². The van der Waals surface area contributed by atoms with Crippen LogP contribution in [-0.2, 0) is 9.59 Å². The molecule has 1 saturated carbocycles. The third kappa shape index (κ3) is 1.94. The quantitative estimate of drug-likeness (QED) is 0.798. The first-order valence-corrected chi connectivity index (χ1v) is 6.40. The van der Waals surface area contributed by atoms with E-state index in [1.165, 1.54) is 6.42 Å². The van der Waals surface area contributed by atoms with Gasteiger partial charge in [-0.05, 0) is 31.6 Å². The number of aliphatic carboxylic acids is 1. The van der Waals surface area contributed by atoms with Crippen molar-refractivity contribution in [3.8, 4) is 0 Å².